The van der Waals surface area contributed by atoms with Crippen molar-refractivity contribution in [3.63, 3.8) is 0 Å². The number of nitrogens with zero attached hydrogens (tertiary/aromatic N) is 1. The van der Waals surface area contributed by atoms with E-state index in [1.807, 2.05) is 13.8 Å². The zero-order valence-electron chi connectivity index (χ0n) is 10.4. The summed E-state index contributed by atoms with van der Waals surface area (Å²) in [5.41, 5.74) is 4.39. The first kappa shape index (κ1) is 12.4. The van der Waals surface area contributed by atoms with Crippen LogP contribution in [-0.2, 0) is 9.59 Å². The molecule has 96 valence electrons. The zero-order valence-corrected chi connectivity index (χ0v) is 10.4. The number of amides is 1. The molecule has 0 aromatic carbocycles. The highest BCUT2D eigenvalue weighted by Gasteiger charge is 2.54. The van der Waals surface area contributed by atoms with Crippen LogP contribution in [0.1, 0.15) is 33.1 Å². The van der Waals surface area contributed by atoms with Gasteiger partial charge in [-0.25, -0.2) is 0 Å². The van der Waals surface area contributed by atoms with E-state index in [-0.39, 0.29) is 11.8 Å². The van der Waals surface area contributed by atoms with Gasteiger partial charge in [0.1, 0.15) is 0 Å². The van der Waals surface area contributed by atoms with Crippen molar-refractivity contribution in [3.8, 4) is 0 Å². The van der Waals surface area contributed by atoms with Crippen LogP contribution < -0.4 is 5.73 Å². The quantitative estimate of drug-likeness (QED) is 0.749. The Labute approximate surface area is 101 Å². The Hall–Kier alpha value is -1.10. The lowest BCUT2D eigenvalue weighted by Gasteiger charge is -2.29. The Morgan fingerprint density at radius 1 is 1.29 bits per heavy atom. The van der Waals surface area contributed by atoms with Gasteiger partial charge in [-0.3, -0.25) is 9.59 Å². The molecule has 0 bridgehead atoms. The van der Waals surface area contributed by atoms with E-state index in [0.29, 0.717) is 19.5 Å². The molecule has 0 aromatic rings. The van der Waals surface area contributed by atoms with Crippen molar-refractivity contribution in [2.24, 2.45) is 17.1 Å². The van der Waals surface area contributed by atoms with E-state index in [2.05, 4.69) is 0 Å². The molecule has 1 aliphatic carbocycles. The summed E-state index contributed by atoms with van der Waals surface area (Å²) < 4.78 is 0. The molecule has 2 aliphatic rings. The van der Waals surface area contributed by atoms with Gasteiger partial charge in [-0.05, 0) is 25.2 Å². The first-order valence-electron chi connectivity index (χ1n) is 6.13. The number of carbonyl (C=O) groups is 2. The number of carboxylic acid groups (broad SMARTS) is 1. The van der Waals surface area contributed by atoms with E-state index in [4.69, 9.17) is 5.73 Å². The molecule has 1 amide bonds. The molecule has 1 atom stereocenters. The number of nitrogens with two attached hydrogens (primary N) is 1. The van der Waals surface area contributed by atoms with Crippen LogP contribution in [0.25, 0.3) is 0 Å². The third kappa shape index (κ3) is 1.82. The first-order chi connectivity index (χ1) is 7.82. The molecule has 0 radical (unpaired) electrons. The first-order valence-corrected chi connectivity index (χ1v) is 6.13. The monoisotopic (exact) mass is 240 g/mol. The molecular weight excluding hydrogens is 220 g/mol. The summed E-state index contributed by atoms with van der Waals surface area (Å²) in [5, 5.41) is 9.38. The fraction of sp³-hybridized carbons (Fsp3) is 0.833. The van der Waals surface area contributed by atoms with E-state index in [9.17, 15) is 14.7 Å². The molecule has 1 aliphatic heterocycles. The average molecular weight is 240 g/mol. The number of hydrogen-bond donors (Lipinski definition) is 2. The van der Waals surface area contributed by atoms with Crippen LogP contribution in [0.2, 0.25) is 0 Å². The standard InChI is InChI=1S/C12H20N2O3/c1-8(2)11(10(16)17)5-6-14(7-11)9(15)12(13)3-4-12/h8H,3-7,13H2,1-2H3,(H,16,17). The number of rotatable bonds is 3. The molecule has 0 aromatic heterocycles. The second-order valence-corrected chi connectivity index (χ2v) is 5.75. The highest BCUT2D eigenvalue weighted by Crippen LogP contribution is 2.41. The Morgan fingerprint density at radius 3 is 2.24 bits per heavy atom. The second-order valence-electron chi connectivity index (χ2n) is 5.75. The van der Waals surface area contributed by atoms with Gasteiger partial charge in [0, 0.05) is 13.1 Å². The molecule has 17 heavy (non-hydrogen) atoms. The third-order valence-corrected chi connectivity index (χ3v) is 4.33. The van der Waals surface area contributed by atoms with Gasteiger partial charge in [0.25, 0.3) is 0 Å². The highest BCUT2D eigenvalue weighted by atomic mass is 16.4. The van der Waals surface area contributed by atoms with Crippen LogP contribution in [0, 0.1) is 11.3 Å². The lowest BCUT2D eigenvalue weighted by atomic mass is 9.76. The maximum atomic E-state index is 12.1. The van der Waals surface area contributed by atoms with Gasteiger partial charge < -0.3 is 15.7 Å². The van der Waals surface area contributed by atoms with Gasteiger partial charge in [0.05, 0.1) is 11.0 Å². The molecular formula is C12H20N2O3. The lowest BCUT2D eigenvalue weighted by molar-refractivity contribution is -0.151. The molecule has 1 saturated heterocycles. The number of aliphatic carboxylic acids is 1. The predicted octanol–water partition coefficient (Wildman–Crippen LogP) is 0.437. The maximum Gasteiger partial charge on any atom is 0.311 e. The van der Waals surface area contributed by atoms with Crippen LogP contribution in [0.15, 0.2) is 0 Å². The molecule has 5 nitrogen and oxygen atoms in total. The van der Waals surface area contributed by atoms with E-state index in [1.54, 1.807) is 4.90 Å². The van der Waals surface area contributed by atoms with Crippen molar-refractivity contribution in [2.75, 3.05) is 13.1 Å². The van der Waals surface area contributed by atoms with Crippen LogP contribution in [0.5, 0.6) is 0 Å². The summed E-state index contributed by atoms with van der Waals surface area (Å²) in [6, 6.07) is 0. The maximum absolute atomic E-state index is 12.1. The van der Waals surface area contributed by atoms with Crippen molar-refractivity contribution in [1.82, 2.24) is 4.90 Å². The molecule has 1 saturated carbocycles. The summed E-state index contributed by atoms with van der Waals surface area (Å²) in [6.45, 7) is 4.62. The molecule has 2 rings (SSSR count). The van der Waals surface area contributed by atoms with E-state index in [1.165, 1.54) is 0 Å². The predicted molar refractivity (Wildman–Crippen MR) is 62.3 cm³/mol. The molecule has 0 spiro atoms. The highest BCUT2D eigenvalue weighted by molar-refractivity contribution is 5.90. The third-order valence-electron chi connectivity index (χ3n) is 4.33. The van der Waals surface area contributed by atoms with Crippen molar-refractivity contribution in [3.05, 3.63) is 0 Å². The number of hydrogen-bond acceptors (Lipinski definition) is 3. The summed E-state index contributed by atoms with van der Waals surface area (Å²) in [7, 11) is 0. The largest absolute Gasteiger partial charge is 0.481 e. The molecule has 1 unspecified atom stereocenters. The van der Waals surface area contributed by atoms with Gasteiger partial charge >= 0.3 is 5.97 Å². The van der Waals surface area contributed by atoms with E-state index in [0.717, 1.165) is 12.8 Å². The normalized spacial score (nSPS) is 30.7. The van der Waals surface area contributed by atoms with Crippen LogP contribution in [0.4, 0.5) is 0 Å². The fourth-order valence-electron chi connectivity index (χ4n) is 2.56. The van der Waals surface area contributed by atoms with E-state index < -0.39 is 16.9 Å². The minimum atomic E-state index is -0.801. The van der Waals surface area contributed by atoms with Gasteiger partial charge in [-0.15, -0.1) is 0 Å². The zero-order chi connectivity index (χ0) is 12.8. The molecule has 2 fully saturated rings. The lowest BCUT2D eigenvalue weighted by Crippen LogP contribution is -2.47. The van der Waals surface area contributed by atoms with Gasteiger partial charge in [-0.1, -0.05) is 13.8 Å². The minimum Gasteiger partial charge on any atom is -0.481 e. The number of likely N-dealkylation sites (tertiary alicyclic amines) is 1. The Bertz CT molecular complexity index is 363. The summed E-state index contributed by atoms with van der Waals surface area (Å²) in [6.07, 6.45) is 1.98. The van der Waals surface area contributed by atoms with Crippen molar-refractivity contribution >= 4 is 11.9 Å². The summed E-state index contributed by atoms with van der Waals surface area (Å²) in [4.78, 5) is 25.1. The number of carboxylic acids is 1. The Balaban J connectivity index is 2.12. The summed E-state index contributed by atoms with van der Waals surface area (Å²) in [5.74, 6) is -0.850. The van der Waals surface area contributed by atoms with Crippen LogP contribution >= 0.6 is 0 Å². The molecule has 1 heterocycles. The summed E-state index contributed by atoms with van der Waals surface area (Å²) >= 11 is 0. The smallest absolute Gasteiger partial charge is 0.311 e. The van der Waals surface area contributed by atoms with Crippen LogP contribution in [0.3, 0.4) is 0 Å². The Kier molecular flexibility index (Phi) is 2.69. The number of carbonyl (C=O) groups excluding carboxylic acids is 1. The van der Waals surface area contributed by atoms with Crippen molar-refractivity contribution in [1.29, 1.82) is 0 Å². The fourth-order valence-corrected chi connectivity index (χ4v) is 2.56. The van der Waals surface area contributed by atoms with Gasteiger partial charge in [0.15, 0.2) is 0 Å². The van der Waals surface area contributed by atoms with E-state index >= 15 is 0 Å². The van der Waals surface area contributed by atoms with Crippen molar-refractivity contribution in [2.45, 2.75) is 38.6 Å². The molecule has 3 N–H and O–H groups in total. The van der Waals surface area contributed by atoms with Gasteiger partial charge in [-0.2, -0.15) is 0 Å². The van der Waals surface area contributed by atoms with Gasteiger partial charge in [0.2, 0.25) is 5.91 Å². The SMILES string of the molecule is CC(C)C1(C(=O)O)CCN(C(=O)C2(N)CC2)C1. The molecule has 5 heteroatoms. The Morgan fingerprint density at radius 2 is 1.88 bits per heavy atom. The average Bonchev–Trinajstić information content (AvgIpc) is 2.83. The second kappa shape index (κ2) is 3.70. The topological polar surface area (TPSA) is 83.6 Å². The minimum absolute atomic E-state index is 0.0192. The van der Waals surface area contributed by atoms with Crippen LogP contribution in [-0.4, -0.2) is 40.5 Å². The van der Waals surface area contributed by atoms with Crippen molar-refractivity contribution < 1.29 is 14.7 Å².